The predicted molar refractivity (Wildman–Crippen MR) is 117 cm³/mol. The van der Waals surface area contributed by atoms with E-state index in [0.29, 0.717) is 24.5 Å². The van der Waals surface area contributed by atoms with Crippen LogP contribution in [0.4, 0.5) is 10.1 Å². The molecule has 1 aliphatic heterocycles. The maximum atomic E-state index is 13.2. The summed E-state index contributed by atoms with van der Waals surface area (Å²) in [4.78, 5) is 29.3. The van der Waals surface area contributed by atoms with Crippen molar-refractivity contribution in [1.82, 2.24) is 4.90 Å². The molecule has 0 bridgehead atoms. The molecule has 1 saturated heterocycles. The molecular formula is C25H25FN2O2. The molecule has 0 spiro atoms. The fourth-order valence-electron chi connectivity index (χ4n) is 4.87. The van der Waals surface area contributed by atoms with Gasteiger partial charge >= 0.3 is 0 Å². The van der Waals surface area contributed by atoms with Crippen LogP contribution < -0.4 is 15.8 Å². The lowest BCUT2D eigenvalue weighted by atomic mass is 9.87. The second-order valence-corrected chi connectivity index (χ2v) is 8.51. The zero-order chi connectivity index (χ0) is 20.7. The van der Waals surface area contributed by atoms with Gasteiger partial charge in [0, 0.05) is 19.6 Å². The summed E-state index contributed by atoms with van der Waals surface area (Å²) < 4.78 is 13.2. The molecule has 2 aliphatic rings. The predicted octanol–water partition coefficient (Wildman–Crippen LogP) is 3.64. The van der Waals surface area contributed by atoms with Gasteiger partial charge in [0.05, 0.1) is 12.2 Å². The first-order valence-corrected chi connectivity index (χ1v) is 10.8. The first-order valence-electron chi connectivity index (χ1n) is 10.8. The zero-order valence-corrected chi connectivity index (χ0v) is 17.0. The average Bonchev–Trinajstić information content (AvgIpc) is 2.78. The summed E-state index contributed by atoms with van der Waals surface area (Å²) in [6.45, 7) is 2.97. The first-order chi connectivity index (χ1) is 14.6. The molecule has 1 heterocycles. The van der Waals surface area contributed by atoms with Crippen LogP contribution in [0.3, 0.4) is 0 Å². The van der Waals surface area contributed by atoms with Gasteiger partial charge in [-0.1, -0.05) is 30.3 Å². The standard InChI is InChI=1S/C25H25FN2O2/c26-21-10-6-17(7-11-21)15-27-12-3-13-28(16-27)23-22(24(29)25(23)30)20-9-8-18-4-1-2-5-19(18)14-20/h6-11,14H,1-5,12-13,15-16H2. The van der Waals surface area contributed by atoms with Crippen molar-refractivity contribution in [2.24, 2.45) is 0 Å². The Balaban J connectivity index is 1.40. The smallest absolute Gasteiger partial charge is 0.250 e. The SMILES string of the molecule is O=c1c(-c2ccc3c(c2)CCCC3)c(N2CCCN(Cc3ccc(F)cc3)C2)c1=O. The van der Waals surface area contributed by atoms with Gasteiger partial charge in [0.2, 0.25) is 10.9 Å². The number of hydrogen-bond donors (Lipinski definition) is 0. The van der Waals surface area contributed by atoms with Crippen LogP contribution in [-0.2, 0) is 19.4 Å². The van der Waals surface area contributed by atoms with Crippen LogP contribution in [0.5, 0.6) is 0 Å². The Morgan fingerprint density at radius 3 is 2.40 bits per heavy atom. The summed E-state index contributed by atoms with van der Waals surface area (Å²) in [5.74, 6) is -0.238. The monoisotopic (exact) mass is 404 g/mol. The molecule has 30 heavy (non-hydrogen) atoms. The van der Waals surface area contributed by atoms with Gasteiger partial charge in [-0.3, -0.25) is 14.5 Å². The molecule has 5 heteroatoms. The Kier molecular flexibility index (Phi) is 4.99. The Morgan fingerprint density at radius 1 is 0.833 bits per heavy atom. The van der Waals surface area contributed by atoms with Crippen LogP contribution in [-0.4, -0.2) is 24.7 Å². The molecule has 1 fully saturated rings. The van der Waals surface area contributed by atoms with Gasteiger partial charge in [-0.25, -0.2) is 4.39 Å². The van der Waals surface area contributed by atoms with Crippen LogP contribution in [0.15, 0.2) is 52.1 Å². The van der Waals surface area contributed by atoms with Crippen molar-refractivity contribution in [3.63, 3.8) is 0 Å². The van der Waals surface area contributed by atoms with E-state index in [2.05, 4.69) is 17.0 Å². The minimum atomic E-state index is -0.369. The molecule has 0 saturated carbocycles. The van der Waals surface area contributed by atoms with Crippen LogP contribution in [0.25, 0.3) is 11.1 Å². The molecule has 3 aromatic rings. The molecule has 0 atom stereocenters. The summed E-state index contributed by atoms with van der Waals surface area (Å²) in [7, 11) is 0. The fraction of sp³-hybridized carbons (Fsp3) is 0.360. The number of rotatable bonds is 4. The molecule has 3 aromatic carbocycles. The average molecular weight is 404 g/mol. The van der Waals surface area contributed by atoms with Gasteiger partial charge in [-0.05, 0) is 66.5 Å². The normalized spacial score (nSPS) is 17.3. The Morgan fingerprint density at radius 2 is 1.60 bits per heavy atom. The lowest BCUT2D eigenvalue weighted by Crippen LogP contribution is -2.50. The van der Waals surface area contributed by atoms with Gasteiger partial charge in [0.25, 0.3) is 0 Å². The number of aryl methyl sites for hydroxylation is 2. The lowest BCUT2D eigenvalue weighted by molar-refractivity contribution is 0.232. The number of hydrogen-bond acceptors (Lipinski definition) is 4. The van der Waals surface area contributed by atoms with E-state index < -0.39 is 0 Å². The molecule has 0 radical (unpaired) electrons. The van der Waals surface area contributed by atoms with Gasteiger partial charge in [0.1, 0.15) is 11.5 Å². The van der Waals surface area contributed by atoms with Crippen molar-refractivity contribution in [2.45, 2.75) is 38.6 Å². The largest absolute Gasteiger partial charge is 0.355 e. The van der Waals surface area contributed by atoms with Crippen molar-refractivity contribution in [3.8, 4) is 11.1 Å². The van der Waals surface area contributed by atoms with Crippen LogP contribution in [0.1, 0.15) is 36.0 Å². The van der Waals surface area contributed by atoms with Crippen molar-refractivity contribution >= 4 is 5.69 Å². The van der Waals surface area contributed by atoms with Crippen LogP contribution in [0.2, 0.25) is 0 Å². The Bertz CT molecular complexity index is 1150. The van der Waals surface area contributed by atoms with Crippen molar-refractivity contribution < 1.29 is 4.39 Å². The molecule has 0 unspecified atom stereocenters. The summed E-state index contributed by atoms with van der Waals surface area (Å²) in [6, 6.07) is 12.8. The Labute approximate surface area is 175 Å². The quantitative estimate of drug-likeness (QED) is 0.623. The van der Waals surface area contributed by atoms with E-state index in [1.165, 1.54) is 36.1 Å². The summed E-state index contributed by atoms with van der Waals surface area (Å²) in [5.41, 5.74) is 5.02. The topological polar surface area (TPSA) is 40.6 Å². The maximum Gasteiger partial charge on any atom is 0.250 e. The van der Waals surface area contributed by atoms with E-state index >= 15 is 0 Å². The molecule has 0 amide bonds. The van der Waals surface area contributed by atoms with Gasteiger partial charge in [0.15, 0.2) is 0 Å². The molecule has 4 nitrogen and oxygen atoms in total. The maximum absolute atomic E-state index is 13.2. The van der Waals surface area contributed by atoms with E-state index in [9.17, 15) is 14.0 Å². The molecule has 0 aromatic heterocycles. The molecule has 154 valence electrons. The highest BCUT2D eigenvalue weighted by atomic mass is 19.1. The van der Waals surface area contributed by atoms with E-state index in [1.807, 2.05) is 11.0 Å². The summed E-state index contributed by atoms with van der Waals surface area (Å²) in [6.07, 6.45) is 5.46. The summed E-state index contributed by atoms with van der Waals surface area (Å²) in [5, 5.41) is 0. The highest BCUT2D eigenvalue weighted by Gasteiger charge is 2.30. The van der Waals surface area contributed by atoms with Crippen LogP contribution >= 0.6 is 0 Å². The molecule has 1 aliphatic carbocycles. The molecular weight excluding hydrogens is 379 g/mol. The van der Waals surface area contributed by atoms with Gasteiger partial charge in [-0.2, -0.15) is 0 Å². The third-order valence-electron chi connectivity index (χ3n) is 6.43. The van der Waals surface area contributed by atoms with Crippen molar-refractivity contribution in [2.75, 3.05) is 24.7 Å². The Hall–Kier alpha value is -2.79. The van der Waals surface area contributed by atoms with E-state index in [-0.39, 0.29) is 16.7 Å². The number of halogens is 1. The van der Waals surface area contributed by atoms with E-state index in [1.54, 1.807) is 12.1 Å². The van der Waals surface area contributed by atoms with Crippen LogP contribution in [0, 0.1) is 5.82 Å². The minimum Gasteiger partial charge on any atom is -0.355 e. The third kappa shape index (κ3) is 3.47. The number of fused-ring (bicyclic) bond motifs is 1. The zero-order valence-electron chi connectivity index (χ0n) is 17.0. The van der Waals surface area contributed by atoms with E-state index in [4.69, 9.17) is 0 Å². The second kappa shape index (κ2) is 7.80. The molecule has 5 rings (SSSR count). The van der Waals surface area contributed by atoms with E-state index in [0.717, 1.165) is 43.5 Å². The summed E-state index contributed by atoms with van der Waals surface area (Å²) >= 11 is 0. The first kappa shape index (κ1) is 19.2. The van der Waals surface area contributed by atoms with Crippen molar-refractivity contribution in [3.05, 3.63) is 85.4 Å². The second-order valence-electron chi connectivity index (χ2n) is 8.51. The number of nitrogens with zero attached hydrogens (tertiary/aromatic N) is 2. The minimum absolute atomic E-state index is 0.238. The third-order valence-corrected chi connectivity index (χ3v) is 6.43. The highest BCUT2D eigenvalue weighted by Crippen LogP contribution is 2.32. The number of anilines is 1. The van der Waals surface area contributed by atoms with Gasteiger partial charge < -0.3 is 4.90 Å². The fourth-order valence-corrected chi connectivity index (χ4v) is 4.87. The van der Waals surface area contributed by atoms with Gasteiger partial charge in [-0.15, -0.1) is 0 Å². The highest BCUT2D eigenvalue weighted by molar-refractivity contribution is 5.83. The lowest BCUT2D eigenvalue weighted by Gasteiger charge is -2.38. The number of benzene rings is 2. The van der Waals surface area contributed by atoms with Crippen molar-refractivity contribution in [1.29, 1.82) is 0 Å². The molecule has 0 N–H and O–H groups in total.